The fraction of sp³-hybridized carbons (Fsp3) is 0.929. The van der Waals surface area contributed by atoms with E-state index < -0.39 is 5.60 Å². The van der Waals surface area contributed by atoms with Crippen molar-refractivity contribution in [2.45, 2.75) is 39.7 Å². The van der Waals surface area contributed by atoms with Gasteiger partial charge >= 0.3 is 6.09 Å². The Bertz CT molecular complexity index is 268. The van der Waals surface area contributed by atoms with Crippen LogP contribution in [0.25, 0.3) is 0 Å². The molecule has 1 amide bonds. The molecule has 0 saturated carbocycles. The van der Waals surface area contributed by atoms with Crippen molar-refractivity contribution in [2.24, 2.45) is 0 Å². The van der Waals surface area contributed by atoms with E-state index >= 15 is 0 Å². The van der Waals surface area contributed by atoms with Crippen LogP contribution >= 0.6 is 0 Å². The highest BCUT2D eigenvalue weighted by Crippen LogP contribution is 2.11. The van der Waals surface area contributed by atoms with Gasteiger partial charge in [-0.2, -0.15) is 0 Å². The zero-order valence-electron chi connectivity index (χ0n) is 12.8. The number of carbonyl (C=O) groups excluding carboxylic acids is 1. The lowest BCUT2D eigenvalue weighted by molar-refractivity contribution is 0.0116. The molecule has 1 fully saturated rings. The monoisotopic (exact) mass is 272 g/mol. The van der Waals surface area contributed by atoms with Crippen LogP contribution in [0.15, 0.2) is 0 Å². The molecule has 0 aromatic heterocycles. The Labute approximate surface area is 116 Å². The second-order valence-corrected chi connectivity index (χ2v) is 5.92. The summed E-state index contributed by atoms with van der Waals surface area (Å²) >= 11 is 0. The number of rotatable bonds is 5. The zero-order valence-corrected chi connectivity index (χ0v) is 12.8. The predicted molar refractivity (Wildman–Crippen MR) is 75.4 cm³/mol. The molecule has 1 saturated heterocycles. The van der Waals surface area contributed by atoms with Gasteiger partial charge in [0, 0.05) is 39.3 Å². The molecule has 0 radical (unpaired) electrons. The Balaban J connectivity index is 2.19. The van der Waals surface area contributed by atoms with E-state index in [4.69, 9.17) is 9.47 Å². The number of amides is 1. The summed E-state index contributed by atoms with van der Waals surface area (Å²) in [5.41, 5.74) is -0.414. The molecular formula is C14H28N2O3. The summed E-state index contributed by atoms with van der Waals surface area (Å²) < 4.78 is 10.8. The number of hydrogen-bond donors (Lipinski definition) is 0. The molecular weight excluding hydrogens is 244 g/mol. The molecule has 0 bridgehead atoms. The van der Waals surface area contributed by atoms with Crippen molar-refractivity contribution in [3.8, 4) is 0 Å². The average molecular weight is 272 g/mol. The van der Waals surface area contributed by atoms with Gasteiger partial charge in [0.05, 0.1) is 6.61 Å². The van der Waals surface area contributed by atoms with Crippen molar-refractivity contribution in [2.75, 3.05) is 45.9 Å². The number of ether oxygens (including phenoxy) is 2. The first-order valence-electron chi connectivity index (χ1n) is 7.20. The van der Waals surface area contributed by atoms with Crippen molar-refractivity contribution in [1.29, 1.82) is 0 Å². The van der Waals surface area contributed by atoms with Crippen molar-refractivity contribution < 1.29 is 14.3 Å². The van der Waals surface area contributed by atoms with Gasteiger partial charge in [0.1, 0.15) is 5.60 Å². The molecule has 5 nitrogen and oxygen atoms in total. The van der Waals surface area contributed by atoms with Gasteiger partial charge in [-0.3, -0.25) is 4.90 Å². The molecule has 0 aliphatic carbocycles. The van der Waals surface area contributed by atoms with E-state index in [1.807, 2.05) is 20.8 Å². The van der Waals surface area contributed by atoms with Gasteiger partial charge in [0.25, 0.3) is 0 Å². The number of carbonyl (C=O) groups is 1. The highest BCUT2D eigenvalue weighted by molar-refractivity contribution is 5.68. The van der Waals surface area contributed by atoms with E-state index in [2.05, 4.69) is 11.8 Å². The molecule has 0 spiro atoms. The Morgan fingerprint density at radius 3 is 2.26 bits per heavy atom. The summed E-state index contributed by atoms with van der Waals surface area (Å²) in [4.78, 5) is 16.0. The van der Waals surface area contributed by atoms with Crippen LogP contribution in [0.4, 0.5) is 4.79 Å². The maximum atomic E-state index is 11.9. The summed E-state index contributed by atoms with van der Waals surface area (Å²) in [6.07, 6.45) is 0.862. The molecule has 1 aliphatic rings. The number of nitrogens with zero attached hydrogens (tertiary/aromatic N) is 2. The van der Waals surface area contributed by atoms with Gasteiger partial charge in [-0.1, -0.05) is 6.92 Å². The minimum atomic E-state index is -0.414. The molecule has 0 aromatic carbocycles. The van der Waals surface area contributed by atoms with Crippen LogP contribution in [0.2, 0.25) is 0 Å². The van der Waals surface area contributed by atoms with E-state index in [0.29, 0.717) is 0 Å². The minimum absolute atomic E-state index is 0.200. The van der Waals surface area contributed by atoms with Crippen LogP contribution in [0.1, 0.15) is 34.1 Å². The lowest BCUT2D eigenvalue weighted by Gasteiger charge is -2.35. The molecule has 0 atom stereocenters. The smallest absolute Gasteiger partial charge is 0.410 e. The van der Waals surface area contributed by atoms with E-state index in [9.17, 15) is 4.79 Å². The van der Waals surface area contributed by atoms with Gasteiger partial charge in [0.15, 0.2) is 0 Å². The first-order chi connectivity index (χ1) is 8.92. The van der Waals surface area contributed by atoms with Crippen LogP contribution in [0.3, 0.4) is 0 Å². The summed E-state index contributed by atoms with van der Waals surface area (Å²) in [5, 5.41) is 0. The maximum Gasteiger partial charge on any atom is 0.410 e. The molecule has 112 valence electrons. The average Bonchev–Trinajstić information content (AvgIpc) is 2.33. The van der Waals surface area contributed by atoms with Crippen LogP contribution < -0.4 is 0 Å². The predicted octanol–water partition coefficient (Wildman–Crippen LogP) is 1.97. The second-order valence-electron chi connectivity index (χ2n) is 5.92. The lowest BCUT2D eigenvalue weighted by atomic mass is 10.2. The molecule has 5 heteroatoms. The van der Waals surface area contributed by atoms with Crippen molar-refractivity contribution in [3.05, 3.63) is 0 Å². The van der Waals surface area contributed by atoms with E-state index in [-0.39, 0.29) is 6.09 Å². The third kappa shape index (κ3) is 6.78. The van der Waals surface area contributed by atoms with Crippen molar-refractivity contribution in [1.82, 2.24) is 9.80 Å². The largest absolute Gasteiger partial charge is 0.444 e. The zero-order chi connectivity index (χ0) is 14.3. The summed E-state index contributed by atoms with van der Waals surface area (Å²) in [6.45, 7) is 13.6. The molecule has 0 unspecified atom stereocenters. The van der Waals surface area contributed by atoms with Crippen LogP contribution in [0, 0.1) is 0 Å². The van der Waals surface area contributed by atoms with Crippen LogP contribution in [0.5, 0.6) is 0 Å². The van der Waals surface area contributed by atoms with Crippen LogP contribution in [-0.2, 0) is 9.47 Å². The van der Waals surface area contributed by atoms with E-state index in [1.165, 1.54) is 0 Å². The normalized spacial score (nSPS) is 17.6. The molecule has 0 aromatic rings. The minimum Gasteiger partial charge on any atom is -0.444 e. The van der Waals surface area contributed by atoms with Gasteiger partial charge in [-0.25, -0.2) is 4.79 Å². The topological polar surface area (TPSA) is 42.0 Å². The molecule has 1 rings (SSSR count). The Morgan fingerprint density at radius 1 is 1.11 bits per heavy atom. The summed E-state index contributed by atoms with van der Waals surface area (Å²) in [5.74, 6) is 0. The second kappa shape index (κ2) is 7.70. The Hall–Kier alpha value is -0.810. The fourth-order valence-corrected chi connectivity index (χ4v) is 1.92. The first kappa shape index (κ1) is 16.2. The highest BCUT2D eigenvalue weighted by Gasteiger charge is 2.25. The number of hydrogen-bond acceptors (Lipinski definition) is 4. The molecule has 1 aliphatic heterocycles. The van der Waals surface area contributed by atoms with E-state index in [0.717, 1.165) is 52.4 Å². The maximum absolute atomic E-state index is 11.9. The quantitative estimate of drug-likeness (QED) is 0.718. The standard InChI is InChI=1S/C14H28N2O3/c1-5-11-18-12-10-15-6-8-16(9-7-15)13(17)19-14(2,3)4/h5-12H2,1-4H3. The SMILES string of the molecule is CCCOCCN1CCN(C(=O)OC(C)(C)C)CC1. The lowest BCUT2D eigenvalue weighted by Crippen LogP contribution is -2.50. The molecule has 19 heavy (non-hydrogen) atoms. The van der Waals surface area contributed by atoms with Crippen LogP contribution in [-0.4, -0.2) is 67.4 Å². The Morgan fingerprint density at radius 2 is 1.74 bits per heavy atom. The third-order valence-corrected chi connectivity index (χ3v) is 2.92. The first-order valence-corrected chi connectivity index (χ1v) is 7.20. The summed E-state index contributed by atoms with van der Waals surface area (Å²) in [6, 6.07) is 0. The van der Waals surface area contributed by atoms with Gasteiger partial charge < -0.3 is 14.4 Å². The Kier molecular flexibility index (Phi) is 6.58. The van der Waals surface area contributed by atoms with Crippen molar-refractivity contribution in [3.63, 3.8) is 0 Å². The van der Waals surface area contributed by atoms with Gasteiger partial charge in [-0.05, 0) is 27.2 Å². The van der Waals surface area contributed by atoms with Gasteiger partial charge in [0.2, 0.25) is 0 Å². The summed E-state index contributed by atoms with van der Waals surface area (Å²) in [7, 11) is 0. The molecule has 1 heterocycles. The third-order valence-electron chi connectivity index (χ3n) is 2.92. The molecule has 0 N–H and O–H groups in total. The highest BCUT2D eigenvalue weighted by atomic mass is 16.6. The van der Waals surface area contributed by atoms with E-state index in [1.54, 1.807) is 4.90 Å². The van der Waals surface area contributed by atoms with Gasteiger partial charge in [-0.15, -0.1) is 0 Å². The number of piperazine rings is 1. The fourth-order valence-electron chi connectivity index (χ4n) is 1.92. The van der Waals surface area contributed by atoms with Crippen molar-refractivity contribution >= 4 is 6.09 Å².